The molecule has 4 rings (SSSR count). The number of hydrogen-bond donors (Lipinski definition) is 2. The van der Waals surface area contributed by atoms with Crippen LogP contribution < -0.4 is 20.3 Å². The van der Waals surface area contributed by atoms with Crippen LogP contribution in [-0.4, -0.2) is 31.5 Å². The van der Waals surface area contributed by atoms with Gasteiger partial charge in [-0.3, -0.25) is 9.59 Å². The quantitative estimate of drug-likeness (QED) is 0.779. The van der Waals surface area contributed by atoms with E-state index >= 15 is 0 Å². The van der Waals surface area contributed by atoms with Crippen molar-refractivity contribution in [2.75, 3.05) is 35.2 Å². The first-order valence-corrected chi connectivity index (χ1v) is 9.65. The van der Waals surface area contributed by atoms with Crippen LogP contribution >= 0.6 is 0 Å². The van der Waals surface area contributed by atoms with E-state index in [-0.39, 0.29) is 23.8 Å². The molecule has 0 atom stereocenters. The average Bonchev–Trinajstić information content (AvgIpc) is 2.73. The number of amides is 2. The summed E-state index contributed by atoms with van der Waals surface area (Å²) in [5, 5.41) is 5.25. The van der Waals surface area contributed by atoms with Gasteiger partial charge in [-0.05, 0) is 55.7 Å². The molecule has 1 saturated heterocycles. The second kappa shape index (κ2) is 7.89. The maximum atomic E-state index is 13.2. The minimum atomic E-state index is -4.52. The third kappa shape index (κ3) is 4.19. The van der Waals surface area contributed by atoms with Gasteiger partial charge >= 0.3 is 6.18 Å². The zero-order chi connectivity index (χ0) is 21.3. The fourth-order valence-electron chi connectivity index (χ4n) is 3.63. The van der Waals surface area contributed by atoms with Crippen LogP contribution in [0.4, 0.5) is 30.2 Å². The highest BCUT2D eigenvalue weighted by molar-refractivity contribution is 6.07. The first-order valence-electron chi connectivity index (χ1n) is 9.65. The minimum absolute atomic E-state index is 0.115. The average molecular weight is 419 g/mol. The zero-order valence-electron chi connectivity index (χ0n) is 16.0. The Morgan fingerprint density at radius 2 is 1.83 bits per heavy atom. The number of nitrogens with zero attached hydrogens (tertiary/aromatic N) is 1. The highest BCUT2D eigenvalue weighted by Gasteiger charge is 2.32. The molecule has 30 heavy (non-hydrogen) atoms. The van der Waals surface area contributed by atoms with Crippen molar-refractivity contribution in [2.24, 2.45) is 0 Å². The molecule has 0 radical (unpaired) electrons. The van der Waals surface area contributed by atoms with E-state index < -0.39 is 17.6 Å². The number of nitrogens with one attached hydrogen (secondary N) is 2. The van der Waals surface area contributed by atoms with Crippen LogP contribution in [0.25, 0.3) is 0 Å². The van der Waals surface area contributed by atoms with Gasteiger partial charge in [-0.25, -0.2) is 0 Å². The van der Waals surface area contributed by atoms with E-state index in [9.17, 15) is 22.8 Å². The summed E-state index contributed by atoms with van der Waals surface area (Å²) >= 11 is 0. The van der Waals surface area contributed by atoms with Crippen molar-refractivity contribution in [3.63, 3.8) is 0 Å². The first-order chi connectivity index (χ1) is 14.3. The van der Waals surface area contributed by atoms with Crippen molar-refractivity contribution in [1.29, 1.82) is 0 Å². The lowest BCUT2D eigenvalue weighted by molar-refractivity contribution is -0.137. The Morgan fingerprint density at radius 1 is 1.07 bits per heavy atom. The molecule has 2 heterocycles. The van der Waals surface area contributed by atoms with Crippen molar-refractivity contribution < 1.29 is 27.5 Å². The number of hydrogen-bond acceptors (Lipinski definition) is 4. The maximum absolute atomic E-state index is 13.2. The summed E-state index contributed by atoms with van der Waals surface area (Å²) in [6.07, 6.45) is -1.55. The van der Waals surface area contributed by atoms with Crippen LogP contribution in [-0.2, 0) is 11.0 Å². The summed E-state index contributed by atoms with van der Waals surface area (Å²) in [5.41, 5.74) is 0.513. The lowest BCUT2D eigenvalue weighted by Gasteiger charge is -2.31. The van der Waals surface area contributed by atoms with Gasteiger partial charge in [0.1, 0.15) is 5.75 Å². The van der Waals surface area contributed by atoms with E-state index in [1.807, 2.05) is 4.90 Å². The molecule has 0 unspecified atom stereocenters. The lowest BCUT2D eigenvalue weighted by Crippen LogP contribution is -2.30. The predicted octanol–water partition coefficient (Wildman–Crippen LogP) is 4.28. The summed E-state index contributed by atoms with van der Waals surface area (Å²) < 4.78 is 45.0. The number of fused-ring (bicyclic) bond motifs is 1. The number of carbonyl (C=O) groups excluding carboxylic acids is 2. The van der Waals surface area contributed by atoms with Crippen LogP contribution in [0, 0.1) is 0 Å². The Kier molecular flexibility index (Phi) is 5.27. The van der Waals surface area contributed by atoms with Crippen molar-refractivity contribution in [2.45, 2.75) is 25.4 Å². The molecule has 0 saturated carbocycles. The second-order valence-corrected chi connectivity index (χ2v) is 7.28. The number of halogens is 3. The third-order valence-electron chi connectivity index (χ3n) is 5.15. The van der Waals surface area contributed by atoms with Gasteiger partial charge < -0.3 is 20.3 Å². The summed E-state index contributed by atoms with van der Waals surface area (Å²) in [6.45, 7) is 1.28. The van der Waals surface area contributed by atoms with Gasteiger partial charge in [-0.15, -0.1) is 0 Å². The first kappa shape index (κ1) is 20.1. The molecule has 0 aromatic heterocycles. The molecule has 2 aromatic rings. The molecule has 9 heteroatoms. The Labute approximate surface area is 171 Å². The van der Waals surface area contributed by atoms with E-state index in [1.165, 1.54) is 24.3 Å². The number of carbonyl (C=O) groups is 2. The minimum Gasteiger partial charge on any atom is -0.482 e. The molecule has 2 aliphatic rings. The number of benzene rings is 2. The zero-order valence-corrected chi connectivity index (χ0v) is 16.0. The van der Waals surface area contributed by atoms with E-state index in [1.54, 1.807) is 0 Å². The molecule has 2 aliphatic heterocycles. The molecule has 2 aromatic carbocycles. The maximum Gasteiger partial charge on any atom is 0.416 e. The fourth-order valence-corrected chi connectivity index (χ4v) is 3.63. The van der Waals surface area contributed by atoms with E-state index in [4.69, 9.17) is 4.74 Å². The molecular weight excluding hydrogens is 399 g/mol. The van der Waals surface area contributed by atoms with Crippen molar-refractivity contribution >= 4 is 28.9 Å². The van der Waals surface area contributed by atoms with Gasteiger partial charge in [0.15, 0.2) is 6.61 Å². The summed E-state index contributed by atoms with van der Waals surface area (Å²) in [5.74, 6) is -0.520. The van der Waals surface area contributed by atoms with Crippen LogP contribution in [0.1, 0.15) is 35.2 Å². The van der Waals surface area contributed by atoms with Gasteiger partial charge in [0.2, 0.25) is 0 Å². The highest BCUT2D eigenvalue weighted by atomic mass is 19.4. The Bertz CT molecular complexity index is 985. The van der Waals surface area contributed by atoms with Gasteiger partial charge in [-0.2, -0.15) is 13.2 Å². The number of rotatable bonds is 3. The molecular formula is C21H20F3N3O3. The largest absolute Gasteiger partial charge is 0.482 e. The summed E-state index contributed by atoms with van der Waals surface area (Å²) in [7, 11) is 0. The van der Waals surface area contributed by atoms with E-state index in [0.29, 0.717) is 17.1 Å². The van der Waals surface area contributed by atoms with Crippen molar-refractivity contribution in [3.05, 3.63) is 47.5 Å². The molecule has 1 fully saturated rings. The van der Waals surface area contributed by atoms with Crippen LogP contribution in [0.15, 0.2) is 36.4 Å². The standard InChI is InChI=1S/C21H20F3N3O3/c22-21(23,24)14-5-7-17(27-8-2-1-3-9-27)16(11-14)26-20(29)13-4-6-15-18(10-13)30-12-19(28)25-15/h4-7,10-11H,1-3,8-9,12H2,(H,25,28)(H,26,29). The monoisotopic (exact) mass is 419 g/mol. The van der Waals surface area contributed by atoms with Crippen molar-refractivity contribution in [1.82, 2.24) is 0 Å². The molecule has 2 amide bonds. The summed E-state index contributed by atoms with van der Waals surface area (Å²) in [4.78, 5) is 26.2. The topological polar surface area (TPSA) is 70.7 Å². The molecule has 2 N–H and O–H groups in total. The molecule has 0 spiro atoms. The van der Waals surface area contributed by atoms with E-state index in [2.05, 4.69) is 10.6 Å². The third-order valence-corrected chi connectivity index (χ3v) is 5.15. The van der Waals surface area contributed by atoms with Gasteiger partial charge in [0.25, 0.3) is 11.8 Å². The number of ether oxygens (including phenoxy) is 1. The van der Waals surface area contributed by atoms with Crippen LogP contribution in [0.2, 0.25) is 0 Å². The Balaban J connectivity index is 1.63. The van der Waals surface area contributed by atoms with Gasteiger partial charge in [-0.1, -0.05) is 0 Å². The van der Waals surface area contributed by atoms with Crippen molar-refractivity contribution in [3.8, 4) is 5.75 Å². The van der Waals surface area contributed by atoms with Gasteiger partial charge in [0.05, 0.1) is 22.6 Å². The van der Waals surface area contributed by atoms with Crippen LogP contribution in [0.5, 0.6) is 5.75 Å². The Hall–Kier alpha value is -3.23. The molecule has 158 valence electrons. The number of anilines is 3. The summed E-state index contributed by atoms with van der Waals surface area (Å²) in [6, 6.07) is 7.88. The Morgan fingerprint density at radius 3 is 2.57 bits per heavy atom. The number of piperidine rings is 1. The molecule has 0 bridgehead atoms. The second-order valence-electron chi connectivity index (χ2n) is 7.28. The normalized spacial score (nSPS) is 16.4. The SMILES string of the molecule is O=C1COc2cc(C(=O)Nc3cc(C(F)(F)F)ccc3N3CCCCC3)ccc2N1. The molecule has 0 aliphatic carbocycles. The lowest BCUT2D eigenvalue weighted by atomic mass is 10.1. The van der Waals surface area contributed by atoms with Crippen LogP contribution in [0.3, 0.4) is 0 Å². The van der Waals surface area contributed by atoms with E-state index in [0.717, 1.165) is 44.5 Å². The molecule has 6 nitrogen and oxygen atoms in total. The smallest absolute Gasteiger partial charge is 0.416 e. The number of alkyl halides is 3. The van der Waals surface area contributed by atoms with Gasteiger partial charge in [0, 0.05) is 18.7 Å². The predicted molar refractivity (Wildman–Crippen MR) is 106 cm³/mol. The highest BCUT2D eigenvalue weighted by Crippen LogP contribution is 2.37. The fraction of sp³-hybridized carbons (Fsp3) is 0.333.